The summed E-state index contributed by atoms with van der Waals surface area (Å²) in [6.07, 6.45) is 2.86. The van der Waals surface area contributed by atoms with Crippen molar-refractivity contribution in [3.63, 3.8) is 0 Å². The van der Waals surface area contributed by atoms with E-state index in [2.05, 4.69) is 14.9 Å². The molecule has 0 unspecified atom stereocenters. The fourth-order valence-electron chi connectivity index (χ4n) is 5.14. The Morgan fingerprint density at radius 3 is 2.51 bits per heavy atom. The zero-order valence-corrected chi connectivity index (χ0v) is 24.9. The summed E-state index contributed by atoms with van der Waals surface area (Å²) in [4.78, 5) is 37.0. The quantitative estimate of drug-likeness (QED) is 0.205. The van der Waals surface area contributed by atoms with Gasteiger partial charge in [-0.25, -0.2) is 9.37 Å². The van der Waals surface area contributed by atoms with Crippen molar-refractivity contribution in [2.75, 3.05) is 46.6 Å². The molecule has 0 aliphatic carbocycles. The lowest BCUT2D eigenvalue weighted by Gasteiger charge is -2.26. The van der Waals surface area contributed by atoms with Gasteiger partial charge < -0.3 is 18.9 Å². The van der Waals surface area contributed by atoms with Gasteiger partial charge in [-0.2, -0.15) is 0 Å². The minimum Gasteiger partial charge on any atom is -0.493 e. The van der Waals surface area contributed by atoms with Crippen molar-refractivity contribution < 1.29 is 28.1 Å². The summed E-state index contributed by atoms with van der Waals surface area (Å²) in [6.45, 7) is 4.40. The third-order valence-electron chi connectivity index (χ3n) is 7.63. The van der Waals surface area contributed by atoms with Crippen LogP contribution in [0.4, 0.5) is 4.39 Å². The number of carbonyl (C=O) groups excluding carboxylic acids is 1. The van der Waals surface area contributed by atoms with Crippen LogP contribution in [0, 0.1) is 5.82 Å². The smallest absolute Gasteiger partial charge is 0.261 e. The largest absolute Gasteiger partial charge is 0.493 e. The van der Waals surface area contributed by atoms with E-state index < -0.39 is 11.4 Å². The van der Waals surface area contributed by atoms with E-state index in [1.165, 1.54) is 29.9 Å². The zero-order valence-electron chi connectivity index (χ0n) is 24.9. The first-order valence-corrected chi connectivity index (χ1v) is 14.5. The van der Waals surface area contributed by atoms with Crippen molar-refractivity contribution in [3.8, 4) is 34.1 Å². The predicted octanol–water partition coefficient (Wildman–Crippen LogP) is 4.88. The maximum Gasteiger partial charge on any atom is 0.261 e. The molecule has 1 saturated heterocycles. The van der Waals surface area contributed by atoms with Gasteiger partial charge in [0.25, 0.3) is 5.56 Å². The summed E-state index contributed by atoms with van der Waals surface area (Å²) < 4.78 is 39.6. The summed E-state index contributed by atoms with van der Waals surface area (Å²) in [7, 11) is 3.01. The molecule has 45 heavy (non-hydrogen) atoms. The van der Waals surface area contributed by atoms with Gasteiger partial charge in [0.15, 0.2) is 28.9 Å². The second kappa shape index (κ2) is 13.2. The minimum absolute atomic E-state index is 0.0129. The molecule has 2 aromatic heterocycles. The molecule has 0 amide bonds. The van der Waals surface area contributed by atoms with E-state index in [0.717, 1.165) is 32.8 Å². The first-order valence-electron chi connectivity index (χ1n) is 14.5. The van der Waals surface area contributed by atoms with Crippen LogP contribution >= 0.6 is 0 Å². The number of rotatable bonds is 10. The van der Waals surface area contributed by atoms with Crippen LogP contribution in [0.2, 0.25) is 0 Å². The second-order valence-electron chi connectivity index (χ2n) is 10.4. The maximum absolute atomic E-state index is 15.4. The second-order valence-corrected chi connectivity index (χ2v) is 10.4. The number of hydrogen-bond acceptors (Lipinski definition) is 9. The van der Waals surface area contributed by atoms with E-state index in [1.54, 1.807) is 67.9 Å². The van der Waals surface area contributed by atoms with Crippen molar-refractivity contribution in [2.45, 2.75) is 0 Å². The number of morpholine rings is 1. The predicted molar refractivity (Wildman–Crippen MR) is 166 cm³/mol. The monoisotopic (exact) mass is 610 g/mol. The molecule has 10 nitrogen and oxygen atoms in total. The van der Waals surface area contributed by atoms with E-state index in [4.69, 9.17) is 18.9 Å². The Labute approximate surface area is 258 Å². The van der Waals surface area contributed by atoms with Crippen LogP contribution in [0.3, 0.4) is 0 Å². The van der Waals surface area contributed by atoms with Crippen molar-refractivity contribution in [2.24, 2.45) is 7.05 Å². The summed E-state index contributed by atoms with van der Waals surface area (Å²) in [5.74, 6) is 0.285. The third-order valence-corrected chi connectivity index (χ3v) is 7.63. The molecule has 0 bridgehead atoms. The van der Waals surface area contributed by atoms with Crippen molar-refractivity contribution >= 4 is 16.7 Å². The van der Waals surface area contributed by atoms with Crippen LogP contribution < -0.4 is 19.8 Å². The van der Waals surface area contributed by atoms with Gasteiger partial charge in [0.1, 0.15) is 12.4 Å². The van der Waals surface area contributed by atoms with Crippen LogP contribution in [0.1, 0.15) is 16.2 Å². The van der Waals surface area contributed by atoms with Crippen molar-refractivity contribution in [1.29, 1.82) is 0 Å². The molecule has 6 rings (SSSR count). The van der Waals surface area contributed by atoms with Crippen LogP contribution in [0.25, 0.3) is 22.0 Å². The fraction of sp³-hybridized carbons (Fsp3) is 0.235. The van der Waals surface area contributed by atoms with Gasteiger partial charge in [0.2, 0.25) is 5.78 Å². The molecule has 1 aliphatic rings. The van der Waals surface area contributed by atoms with E-state index in [0.29, 0.717) is 45.9 Å². The van der Waals surface area contributed by atoms with Crippen LogP contribution in [-0.4, -0.2) is 71.8 Å². The Morgan fingerprint density at radius 2 is 1.76 bits per heavy atom. The molecule has 0 radical (unpaired) electrons. The lowest BCUT2D eigenvalue weighted by molar-refractivity contribution is 0.0321. The molecule has 230 valence electrons. The van der Waals surface area contributed by atoms with E-state index in [-0.39, 0.29) is 22.9 Å². The Balaban J connectivity index is 1.22. The molecule has 3 heterocycles. The number of nitrogens with zero attached hydrogens (tertiary/aromatic N) is 4. The molecule has 0 N–H and O–H groups in total. The first kappa shape index (κ1) is 29.9. The average Bonchev–Trinajstić information content (AvgIpc) is 3.07. The van der Waals surface area contributed by atoms with Gasteiger partial charge in [0, 0.05) is 56.1 Å². The molecule has 0 atom stereocenters. The third kappa shape index (κ3) is 6.40. The van der Waals surface area contributed by atoms with Gasteiger partial charge in [-0.15, -0.1) is 0 Å². The molecule has 0 saturated carbocycles. The molecule has 5 aromatic rings. The SMILES string of the molecule is COc1cc2c(Oc3ccc(-c4cnc(C(=O)c5ccccc5)n(C)c4=O)cc3F)ccnc2cc1OCCN1CCOCC1. The number of carbonyl (C=O) groups is 1. The summed E-state index contributed by atoms with van der Waals surface area (Å²) >= 11 is 0. The van der Waals surface area contributed by atoms with Crippen LogP contribution in [0.5, 0.6) is 23.0 Å². The Bertz CT molecular complexity index is 1910. The van der Waals surface area contributed by atoms with Gasteiger partial charge in [-0.05, 0) is 29.8 Å². The molecule has 0 spiro atoms. The first-order chi connectivity index (χ1) is 21.9. The number of aromatic nitrogens is 3. The number of benzene rings is 3. The van der Waals surface area contributed by atoms with Crippen LogP contribution in [-0.2, 0) is 11.8 Å². The van der Waals surface area contributed by atoms with Crippen molar-refractivity contribution in [1.82, 2.24) is 19.4 Å². The highest BCUT2D eigenvalue weighted by Gasteiger charge is 2.19. The molecule has 11 heteroatoms. The van der Waals surface area contributed by atoms with E-state index in [9.17, 15) is 9.59 Å². The Kier molecular flexibility index (Phi) is 8.81. The van der Waals surface area contributed by atoms with Gasteiger partial charge in [-0.3, -0.25) is 24.0 Å². The number of hydrogen-bond donors (Lipinski definition) is 0. The Morgan fingerprint density at radius 1 is 0.956 bits per heavy atom. The number of fused-ring (bicyclic) bond motifs is 1. The summed E-state index contributed by atoms with van der Waals surface area (Å²) in [5, 5.41) is 0.607. The molecular formula is C34H31FN4O6. The normalized spacial score (nSPS) is 13.5. The molecular weight excluding hydrogens is 579 g/mol. The lowest BCUT2D eigenvalue weighted by Crippen LogP contribution is -2.38. The highest BCUT2D eigenvalue weighted by atomic mass is 19.1. The van der Waals surface area contributed by atoms with Gasteiger partial charge in [-0.1, -0.05) is 36.4 Å². The summed E-state index contributed by atoms with van der Waals surface area (Å²) in [6, 6.07) is 17.9. The number of methoxy groups -OCH3 is 1. The fourth-order valence-corrected chi connectivity index (χ4v) is 5.14. The lowest BCUT2D eigenvalue weighted by atomic mass is 10.1. The topological polar surface area (TPSA) is 105 Å². The number of ether oxygens (including phenoxy) is 4. The number of pyridine rings is 1. The molecule has 1 fully saturated rings. The maximum atomic E-state index is 15.4. The number of ketones is 1. The summed E-state index contributed by atoms with van der Waals surface area (Å²) in [5.41, 5.74) is 0.965. The molecule has 3 aromatic carbocycles. The standard InChI is InChI=1S/C34H31FN4O6/c1-38-33(32(40)22-6-4-3-5-7-22)37-21-25(34(38)41)23-8-9-29(26(35)18-23)45-28-10-11-36-27-20-31(30(42-2)19-24(27)28)44-17-14-39-12-15-43-16-13-39/h3-11,18-21H,12-17H2,1-2H3. The molecule has 1 aliphatic heterocycles. The minimum atomic E-state index is -0.681. The Hall–Kier alpha value is -5.13. The van der Waals surface area contributed by atoms with E-state index in [1.807, 2.05) is 0 Å². The van der Waals surface area contributed by atoms with Gasteiger partial charge in [0.05, 0.1) is 31.4 Å². The number of halogens is 1. The zero-order chi connectivity index (χ0) is 31.3. The highest BCUT2D eigenvalue weighted by molar-refractivity contribution is 6.06. The van der Waals surface area contributed by atoms with Crippen molar-refractivity contribution in [3.05, 3.63) is 107 Å². The van der Waals surface area contributed by atoms with Crippen LogP contribution in [0.15, 0.2) is 83.9 Å². The highest BCUT2D eigenvalue weighted by Crippen LogP contribution is 2.38. The van der Waals surface area contributed by atoms with E-state index >= 15 is 4.39 Å². The van der Waals surface area contributed by atoms with Gasteiger partial charge >= 0.3 is 0 Å². The average molecular weight is 611 g/mol.